The SMILES string of the molecule is Cc1ccc(-c2c(F)cc(-c3ccc(C4CCC(C)CC4)cc3)cc2F)cc1F. The number of aryl methyl sites for hydroxylation is 1. The normalized spacial score (nSPS) is 19.3. The van der Waals surface area contributed by atoms with Crippen molar-refractivity contribution in [2.45, 2.75) is 45.4 Å². The minimum Gasteiger partial charge on any atom is -0.207 e. The minimum absolute atomic E-state index is 0.194. The Labute approximate surface area is 170 Å². The van der Waals surface area contributed by atoms with E-state index in [2.05, 4.69) is 19.1 Å². The average molecular weight is 394 g/mol. The van der Waals surface area contributed by atoms with E-state index in [0.717, 1.165) is 11.5 Å². The first-order valence-corrected chi connectivity index (χ1v) is 10.3. The van der Waals surface area contributed by atoms with E-state index in [1.54, 1.807) is 13.0 Å². The van der Waals surface area contributed by atoms with Crippen LogP contribution in [-0.4, -0.2) is 0 Å². The van der Waals surface area contributed by atoms with Crippen molar-refractivity contribution in [3.63, 3.8) is 0 Å². The van der Waals surface area contributed by atoms with E-state index < -0.39 is 17.5 Å². The molecule has 1 fully saturated rings. The van der Waals surface area contributed by atoms with Gasteiger partial charge in [-0.1, -0.05) is 56.2 Å². The molecular weight excluding hydrogens is 369 g/mol. The summed E-state index contributed by atoms with van der Waals surface area (Å²) < 4.78 is 43.4. The smallest absolute Gasteiger partial charge is 0.134 e. The zero-order valence-corrected chi connectivity index (χ0v) is 16.8. The molecule has 0 nitrogen and oxygen atoms in total. The molecule has 0 spiro atoms. The van der Waals surface area contributed by atoms with Gasteiger partial charge in [0.2, 0.25) is 0 Å². The highest BCUT2D eigenvalue weighted by molar-refractivity contribution is 5.72. The predicted octanol–water partition coefficient (Wildman–Crippen LogP) is 8.04. The van der Waals surface area contributed by atoms with Crippen LogP contribution in [0, 0.1) is 30.3 Å². The van der Waals surface area contributed by atoms with E-state index in [9.17, 15) is 13.2 Å². The van der Waals surface area contributed by atoms with Crippen LogP contribution in [-0.2, 0) is 0 Å². The van der Waals surface area contributed by atoms with Gasteiger partial charge >= 0.3 is 0 Å². The molecule has 0 aromatic heterocycles. The summed E-state index contributed by atoms with van der Waals surface area (Å²) in [5.41, 5.74) is 3.02. The van der Waals surface area contributed by atoms with Crippen molar-refractivity contribution in [2.75, 3.05) is 0 Å². The van der Waals surface area contributed by atoms with Crippen molar-refractivity contribution >= 4 is 0 Å². The van der Waals surface area contributed by atoms with Gasteiger partial charge in [-0.05, 0) is 77.6 Å². The second kappa shape index (κ2) is 8.06. The lowest BCUT2D eigenvalue weighted by molar-refractivity contribution is 0.348. The van der Waals surface area contributed by atoms with Crippen molar-refractivity contribution in [1.29, 1.82) is 0 Å². The van der Waals surface area contributed by atoms with E-state index in [4.69, 9.17) is 0 Å². The molecule has 1 aliphatic rings. The number of hydrogen-bond acceptors (Lipinski definition) is 0. The Kier molecular flexibility index (Phi) is 5.49. The van der Waals surface area contributed by atoms with Crippen molar-refractivity contribution in [3.05, 3.63) is 83.2 Å². The lowest BCUT2D eigenvalue weighted by atomic mass is 9.79. The molecule has 3 aromatic rings. The Morgan fingerprint density at radius 2 is 1.21 bits per heavy atom. The second-order valence-electron chi connectivity index (χ2n) is 8.36. The van der Waals surface area contributed by atoms with Crippen LogP contribution in [0.2, 0.25) is 0 Å². The zero-order chi connectivity index (χ0) is 20.5. The number of hydrogen-bond donors (Lipinski definition) is 0. The van der Waals surface area contributed by atoms with Crippen LogP contribution in [0.15, 0.2) is 54.6 Å². The van der Waals surface area contributed by atoms with E-state index >= 15 is 0 Å². The van der Waals surface area contributed by atoms with Gasteiger partial charge in [-0.2, -0.15) is 0 Å². The lowest BCUT2D eigenvalue weighted by Crippen LogP contribution is -2.10. The first kappa shape index (κ1) is 19.8. The molecule has 0 unspecified atom stereocenters. The highest BCUT2D eigenvalue weighted by Crippen LogP contribution is 2.37. The van der Waals surface area contributed by atoms with Gasteiger partial charge in [-0.3, -0.25) is 0 Å². The third kappa shape index (κ3) is 4.10. The lowest BCUT2D eigenvalue weighted by Gasteiger charge is -2.26. The van der Waals surface area contributed by atoms with E-state index in [-0.39, 0.29) is 11.1 Å². The highest BCUT2D eigenvalue weighted by Gasteiger charge is 2.20. The summed E-state index contributed by atoms with van der Waals surface area (Å²) in [6.07, 6.45) is 4.91. The summed E-state index contributed by atoms with van der Waals surface area (Å²) in [6, 6.07) is 14.9. The quantitative estimate of drug-likeness (QED) is 0.422. The van der Waals surface area contributed by atoms with Gasteiger partial charge in [0.25, 0.3) is 0 Å². The highest BCUT2D eigenvalue weighted by atomic mass is 19.1. The molecule has 4 rings (SSSR count). The largest absolute Gasteiger partial charge is 0.207 e. The Bertz CT molecular complexity index is 990. The third-order valence-corrected chi connectivity index (χ3v) is 6.23. The summed E-state index contributed by atoms with van der Waals surface area (Å²) in [6.45, 7) is 3.92. The second-order valence-corrected chi connectivity index (χ2v) is 8.36. The van der Waals surface area contributed by atoms with Crippen LogP contribution >= 0.6 is 0 Å². The molecule has 0 N–H and O–H groups in total. The van der Waals surface area contributed by atoms with Gasteiger partial charge in [-0.25, -0.2) is 13.2 Å². The van der Waals surface area contributed by atoms with Crippen molar-refractivity contribution < 1.29 is 13.2 Å². The monoisotopic (exact) mass is 394 g/mol. The topological polar surface area (TPSA) is 0 Å². The van der Waals surface area contributed by atoms with Gasteiger partial charge in [-0.15, -0.1) is 0 Å². The van der Waals surface area contributed by atoms with Gasteiger partial charge < -0.3 is 0 Å². The van der Waals surface area contributed by atoms with Crippen LogP contribution < -0.4 is 0 Å². The molecule has 0 bridgehead atoms. The maximum absolute atomic E-state index is 14.8. The molecule has 150 valence electrons. The third-order valence-electron chi connectivity index (χ3n) is 6.23. The number of rotatable bonds is 3. The maximum atomic E-state index is 14.8. The first-order valence-electron chi connectivity index (χ1n) is 10.3. The minimum atomic E-state index is -0.686. The Morgan fingerprint density at radius 1 is 0.655 bits per heavy atom. The van der Waals surface area contributed by atoms with Gasteiger partial charge in [0.05, 0.1) is 5.56 Å². The molecule has 1 saturated carbocycles. The Balaban J connectivity index is 1.61. The van der Waals surface area contributed by atoms with Crippen molar-refractivity contribution in [1.82, 2.24) is 0 Å². The fourth-order valence-corrected chi connectivity index (χ4v) is 4.31. The molecule has 3 aromatic carbocycles. The van der Waals surface area contributed by atoms with Crippen molar-refractivity contribution in [3.8, 4) is 22.3 Å². The molecule has 0 heterocycles. The zero-order valence-electron chi connectivity index (χ0n) is 16.8. The van der Waals surface area contributed by atoms with Gasteiger partial charge in [0.15, 0.2) is 0 Å². The molecule has 0 aliphatic heterocycles. The molecule has 0 radical (unpaired) electrons. The molecule has 0 atom stereocenters. The van der Waals surface area contributed by atoms with Crippen LogP contribution in [0.1, 0.15) is 49.7 Å². The molecule has 3 heteroatoms. The molecule has 29 heavy (non-hydrogen) atoms. The predicted molar refractivity (Wildman–Crippen MR) is 112 cm³/mol. The standard InChI is InChI=1S/C26H25F3/c1-16-3-6-18(7-4-16)19-9-11-20(12-10-19)22-14-24(28)26(25(29)15-22)21-8-5-17(2)23(27)13-21/h5,8-16,18H,3-4,6-7H2,1-2H3. The Hall–Kier alpha value is -2.55. The maximum Gasteiger partial charge on any atom is 0.134 e. The van der Waals surface area contributed by atoms with Gasteiger partial charge in [0, 0.05) is 0 Å². The van der Waals surface area contributed by atoms with Crippen LogP contribution in [0.4, 0.5) is 13.2 Å². The average Bonchev–Trinajstić information content (AvgIpc) is 2.71. The number of benzene rings is 3. The summed E-state index contributed by atoms with van der Waals surface area (Å²) >= 11 is 0. The summed E-state index contributed by atoms with van der Waals surface area (Å²) in [4.78, 5) is 0. The van der Waals surface area contributed by atoms with Crippen molar-refractivity contribution in [2.24, 2.45) is 5.92 Å². The fraction of sp³-hybridized carbons (Fsp3) is 0.308. The first-order chi connectivity index (χ1) is 13.9. The summed E-state index contributed by atoms with van der Waals surface area (Å²) in [7, 11) is 0. The van der Waals surface area contributed by atoms with Gasteiger partial charge in [0.1, 0.15) is 17.5 Å². The number of halogens is 3. The Morgan fingerprint density at radius 3 is 1.79 bits per heavy atom. The van der Waals surface area contributed by atoms with E-state index in [1.165, 1.54) is 55.5 Å². The molecular formula is C26H25F3. The van der Waals surface area contributed by atoms with Crippen LogP contribution in [0.25, 0.3) is 22.3 Å². The summed E-state index contributed by atoms with van der Waals surface area (Å²) in [5, 5.41) is 0. The fourth-order valence-electron chi connectivity index (χ4n) is 4.31. The molecule has 1 aliphatic carbocycles. The molecule has 0 amide bonds. The van der Waals surface area contributed by atoms with E-state index in [1.807, 2.05) is 12.1 Å². The van der Waals surface area contributed by atoms with Crippen LogP contribution in [0.5, 0.6) is 0 Å². The van der Waals surface area contributed by atoms with E-state index in [0.29, 0.717) is 17.0 Å². The summed E-state index contributed by atoms with van der Waals surface area (Å²) in [5.74, 6) is -0.468. The molecule has 0 saturated heterocycles. The van der Waals surface area contributed by atoms with Crippen LogP contribution in [0.3, 0.4) is 0 Å².